The highest BCUT2D eigenvalue weighted by molar-refractivity contribution is 6.30. The Balaban J connectivity index is 1.58. The number of hydrogen-bond acceptors (Lipinski definition) is 3. The zero-order chi connectivity index (χ0) is 19.5. The topological polar surface area (TPSA) is 32.8 Å². The van der Waals surface area contributed by atoms with Crippen molar-refractivity contribution < 1.29 is 9.53 Å². The van der Waals surface area contributed by atoms with Gasteiger partial charge in [0.1, 0.15) is 12.4 Å². The van der Waals surface area contributed by atoms with E-state index in [1.54, 1.807) is 0 Å². The van der Waals surface area contributed by atoms with Crippen LogP contribution in [0.5, 0.6) is 5.75 Å². The molecule has 0 N–H and O–H groups in total. The van der Waals surface area contributed by atoms with Gasteiger partial charge in [0.05, 0.1) is 6.04 Å². The summed E-state index contributed by atoms with van der Waals surface area (Å²) >= 11 is 0. The Hall–Kier alpha value is -2.59. The number of fused-ring (bicyclic) bond motifs is 1. The fourth-order valence-electron chi connectivity index (χ4n) is 4.23. The summed E-state index contributed by atoms with van der Waals surface area (Å²) in [6, 6.07) is 18.3. The number of amides is 1. The number of nitrogens with zero attached hydrogens (tertiary/aromatic N) is 2. The third kappa shape index (κ3) is 3.69. The number of carbonyl (C=O) groups excluding carboxylic acids is 1. The molecule has 28 heavy (non-hydrogen) atoms. The SMILES string of the molecule is CN(C)CCOc1ccc(N2C(=O)C(c3ccccc3)=C3CCCCC32)cc1. The predicted molar refractivity (Wildman–Crippen MR) is 114 cm³/mol. The van der Waals surface area contributed by atoms with Gasteiger partial charge in [-0.25, -0.2) is 0 Å². The van der Waals surface area contributed by atoms with Gasteiger partial charge >= 0.3 is 0 Å². The van der Waals surface area contributed by atoms with Crippen molar-refractivity contribution in [1.82, 2.24) is 4.90 Å². The molecule has 0 radical (unpaired) electrons. The summed E-state index contributed by atoms with van der Waals surface area (Å²) in [5.41, 5.74) is 4.23. The summed E-state index contributed by atoms with van der Waals surface area (Å²) in [5.74, 6) is 0.978. The molecular formula is C24H28N2O2. The Kier molecular flexibility index (Phi) is 5.49. The first-order valence-corrected chi connectivity index (χ1v) is 10.1. The maximum absolute atomic E-state index is 13.4. The first kappa shape index (κ1) is 18.8. The van der Waals surface area contributed by atoms with Crippen LogP contribution in [0, 0.1) is 0 Å². The van der Waals surface area contributed by atoms with Crippen molar-refractivity contribution in [3.63, 3.8) is 0 Å². The van der Waals surface area contributed by atoms with E-state index in [2.05, 4.69) is 17.0 Å². The zero-order valence-corrected chi connectivity index (χ0v) is 16.7. The van der Waals surface area contributed by atoms with Gasteiger partial charge in [-0.15, -0.1) is 0 Å². The summed E-state index contributed by atoms with van der Waals surface area (Å²) in [4.78, 5) is 17.5. The van der Waals surface area contributed by atoms with Crippen molar-refractivity contribution in [2.45, 2.75) is 31.7 Å². The van der Waals surface area contributed by atoms with Gasteiger partial charge < -0.3 is 14.5 Å². The third-order valence-corrected chi connectivity index (χ3v) is 5.63. The summed E-state index contributed by atoms with van der Waals surface area (Å²) < 4.78 is 5.80. The average molecular weight is 377 g/mol. The molecule has 1 aliphatic heterocycles. The van der Waals surface area contributed by atoms with Crippen LogP contribution in [0.3, 0.4) is 0 Å². The standard InChI is InChI=1S/C24H28N2O2/c1-25(2)16-17-28-20-14-12-19(13-15-20)26-22-11-7-6-10-21(22)23(24(26)27)18-8-4-3-5-9-18/h3-5,8-9,12-15,22H,6-7,10-11,16-17H2,1-2H3. The second kappa shape index (κ2) is 8.19. The Bertz CT molecular complexity index is 856. The molecule has 1 atom stereocenters. The van der Waals surface area contributed by atoms with E-state index in [9.17, 15) is 4.79 Å². The minimum Gasteiger partial charge on any atom is -0.492 e. The second-order valence-electron chi connectivity index (χ2n) is 7.85. The zero-order valence-electron chi connectivity index (χ0n) is 16.7. The average Bonchev–Trinajstić information content (AvgIpc) is 3.01. The lowest BCUT2D eigenvalue weighted by Gasteiger charge is -2.30. The van der Waals surface area contributed by atoms with E-state index >= 15 is 0 Å². The summed E-state index contributed by atoms with van der Waals surface area (Å²) in [7, 11) is 4.06. The number of carbonyl (C=O) groups is 1. The van der Waals surface area contributed by atoms with Crippen molar-refractivity contribution in [3.8, 4) is 5.75 Å². The smallest absolute Gasteiger partial charge is 0.259 e. The fraction of sp³-hybridized carbons (Fsp3) is 0.375. The molecule has 1 fully saturated rings. The molecule has 4 rings (SSSR count). The van der Waals surface area contributed by atoms with Crippen LogP contribution in [-0.2, 0) is 4.79 Å². The molecule has 1 amide bonds. The van der Waals surface area contributed by atoms with E-state index in [0.29, 0.717) is 6.61 Å². The molecule has 146 valence electrons. The van der Waals surface area contributed by atoms with Crippen molar-refractivity contribution >= 4 is 17.2 Å². The number of ether oxygens (including phenoxy) is 1. The molecule has 1 unspecified atom stereocenters. The second-order valence-corrected chi connectivity index (χ2v) is 7.85. The van der Waals surface area contributed by atoms with Gasteiger partial charge in [-0.3, -0.25) is 4.79 Å². The molecule has 4 heteroatoms. The van der Waals surface area contributed by atoms with Crippen LogP contribution >= 0.6 is 0 Å². The van der Waals surface area contributed by atoms with Gasteiger partial charge in [-0.1, -0.05) is 36.8 Å². The monoisotopic (exact) mass is 376 g/mol. The Morgan fingerprint density at radius 1 is 1.04 bits per heavy atom. The number of benzene rings is 2. The Morgan fingerprint density at radius 2 is 1.79 bits per heavy atom. The molecule has 0 spiro atoms. The maximum Gasteiger partial charge on any atom is 0.259 e. The number of rotatable bonds is 6. The van der Waals surface area contributed by atoms with Gasteiger partial charge in [-0.05, 0) is 68.8 Å². The molecule has 1 aliphatic carbocycles. The van der Waals surface area contributed by atoms with Crippen LogP contribution in [0.1, 0.15) is 31.2 Å². The lowest BCUT2D eigenvalue weighted by atomic mass is 9.87. The van der Waals surface area contributed by atoms with Crippen LogP contribution in [0.2, 0.25) is 0 Å². The Morgan fingerprint density at radius 3 is 2.50 bits per heavy atom. The summed E-state index contributed by atoms with van der Waals surface area (Å²) in [6.07, 6.45) is 4.40. The van der Waals surface area contributed by atoms with Crippen LogP contribution in [0.4, 0.5) is 5.69 Å². The lowest BCUT2D eigenvalue weighted by molar-refractivity contribution is -0.113. The maximum atomic E-state index is 13.4. The summed E-state index contributed by atoms with van der Waals surface area (Å²) in [6.45, 7) is 1.53. The van der Waals surface area contributed by atoms with Crippen LogP contribution in [-0.4, -0.2) is 44.1 Å². The van der Waals surface area contributed by atoms with Crippen LogP contribution in [0.15, 0.2) is 60.2 Å². The number of anilines is 1. The van der Waals surface area contributed by atoms with Crippen molar-refractivity contribution in [2.24, 2.45) is 0 Å². The molecule has 0 aromatic heterocycles. The molecule has 1 saturated carbocycles. The highest BCUT2D eigenvalue weighted by Crippen LogP contribution is 2.43. The Labute approximate surface area is 167 Å². The van der Waals surface area contributed by atoms with E-state index in [1.807, 2.05) is 61.5 Å². The normalized spacial score (nSPS) is 19.3. The first-order valence-electron chi connectivity index (χ1n) is 10.1. The highest BCUT2D eigenvalue weighted by atomic mass is 16.5. The van der Waals surface area contributed by atoms with Crippen molar-refractivity contribution in [3.05, 3.63) is 65.7 Å². The molecule has 1 heterocycles. The van der Waals surface area contributed by atoms with Crippen LogP contribution < -0.4 is 9.64 Å². The quantitative estimate of drug-likeness (QED) is 0.750. The van der Waals surface area contributed by atoms with Crippen LogP contribution in [0.25, 0.3) is 5.57 Å². The highest BCUT2D eigenvalue weighted by Gasteiger charge is 2.41. The van der Waals surface area contributed by atoms with Crippen molar-refractivity contribution in [2.75, 3.05) is 32.1 Å². The number of hydrogen-bond donors (Lipinski definition) is 0. The van der Waals surface area contributed by atoms with E-state index < -0.39 is 0 Å². The van der Waals surface area contributed by atoms with E-state index in [4.69, 9.17) is 4.74 Å². The van der Waals surface area contributed by atoms with Gasteiger partial charge in [0.15, 0.2) is 0 Å². The van der Waals surface area contributed by atoms with Gasteiger partial charge in [-0.2, -0.15) is 0 Å². The predicted octanol–water partition coefficient (Wildman–Crippen LogP) is 4.37. The van der Waals surface area contributed by atoms with Gasteiger partial charge in [0.2, 0.25) is 0 Å². The molecule has 2 aromatic rings. The van der Waals surface area contributed by atoms with E-state index in [-0.39, 0.29) is 11.9 Å². The minimum atomic E-state index is 0.134. The molecular weight excluding hydrogens is 348 g/mol. The van der Waals surface area contributed by atoms with Gasteiger partial charge in [0, 0.05) is 17.8 Å². The number of likely N-dealkylation sites (N-methyl/N-ethyl adjacent to an activating group) is 1. The minimum absolute atomic E-state index is 0.134. The molecule has 2 aromatic carbocycles. The first-order chi connectivity index (χ1) is 13.6. The van der Waals surface area contributed by atoms with E-state index in [1.165, 1.54) is 18.4 Å². The van der Waals surface area contributed by atoms with Gasteiger partial charge in [0.25, 0.3) is 5.91 Å². The molecule has 4 nitrogen and oxygen atoms in total. The summed E-state index contributed by atoms with van der Waals surface area (Å²) in [5, 5.41) is 0. The molecule has 0 bridgehead atoms. The fourth-order valence-corrected chi connectivity index (χ4v) is 4.23. The van der Waals surface area contributed by atoms with E-state index in [0.717, 1.165) is 42.0 Å². The third-order valence-electron chi connectivity index (χ3n) is 5.63. The molecule has 0 saturated heterocycles. The molecule has 2 aliphatic rings. The van der Waals surface area contributed by atoms with Crippen molar-refractivity contribution in [1.29, 1.82) is 0 Å². The lowest BCUT2D eigenvalue weighted by Crippen LogP contribution is -2.36. The largest absolute Gasteiger partial charge is 0.492 e.